The second-order valence-electron chi connectivity index (χ2n) is 4.40. The van der Waals surface area contributed by atoms with Gasteiger partial charge in [-0.2, -0.15) is 10.1 Å². The first kappa shape index (κ1) is 10.5. The molecule has 1 fully saturated rings. The lowest BCUT2D eigenvalue weighted by Crippen LogP contribution is -2.14. The quantitative estimate of drug-likeness (QED) is 0.844. The Hall–Kier alpha value is -1.69. The van der Waals surface area contributed by atoms with Crippen molar-refractivity contribution in [1.82, 2.24) is 25.2 Å². The molecular formula is C11H15N5O. The van der Waals surface area contributed by atoms with Crippen LogP contribution in [0.4, 0.5) is 0 Å². The second-order valence-corrected chi connectivity index (χ2v) is 4.40. The molecule has 0 bridgehead atoms. The van der Waals surface area contributed by atoms with Crippen LogP contribution in [0.25, 0.3) is 11.6 Å². The first-order valence-electron chi connectivity index (χ1n) is 5.82. The first-order chi connectivity index (χ1) is 8.24. The Labute approximate surface area is 99.0 Å². The largest absolute Gasteiger partial charge is 0.332 e. The first-order valence-corrected chi connectivity index (χ1v) is 5.82. The van der Waals surface area contributed by atoms with Gasteiger partial charge in [0.1, 0.15) is 5.69 Å². The Bertz CT molecular complexity index is 524. The SMILES string of the molecule is Cc1cc(-c2nc(C3CCCN3)no2)n(C)n1. The van der Waals surface area contributed by atoms with Gasteiger partial charge in [0.15, 0.2) is 5.82 Å². The molecule has 1 unspecified atom stereocenters. The summed E-state index contributed by atoms with van der Waals surface area (Å²) >= 11 is 0. The summed E-state index contributed by atoms with van der Waals surface area (Å²) in [5.41, 5.74) is 1.81. The Morgan fingerprint density at radius 1 is 1.53 bits per heavy atom. The molecular weight excluding hydrogens is 218 g/mol. The van der Waals surface area contributed by atoms with Crippen LogP contribution in [-0.4, -0.2) is 26.5 Å². The Morgan fingerprint density at radius 2 is 2.41 bits per heavy atom. The van der Waals surface area contributed by atoms with E-state index in [-0.39, 0.29) is 6.04 Å². The number of hydrogen-bond donors (Lipinski definition) is 1. The summed E-state index contributed by atoms with van der Waals surface area (Å²) in [6.45, 7) is 2.97. The van der Waals surface area contributed by atoms with Crippen molar-refractivity contribution in [2.75, 3.05) is 6.54 Å². The molecule has 0 aliphatic carbocycles. The maximum atomic E-state index is 5.30. The Kier molecular flexibility index (Phi) is 2.44. The van der Waals surface area contributed by atoms with Gasteiger partial charge in [-0.3, -0.25) is 4.68 Å². The number of aryl methyl sites for hydroxylation is 2. The number of nitrogens with zero attached hydrogens (tertiary/aromatic N) is 4. The molecule has 17 heavy (non-hydrogen) atoms. The van der Waals surface area contributed by atoms with Gasteiger partial charge in [-0.25, -0.2) is 0 Å². The fourth-order valence-corrected chi connectivity index (χ4v) is 2.20. The molecule has 0 spiro atoms. The predicted molar refractivity (Wildman–Crippen MR) is 61.2 cm³/mol. The summed E-state index contributed by atoms with van der Waals surface area (Å²) in [5, 5.41) is 11.7. The maximum absolute atomic E-state index is 5.30. The van der Waals surface area contributed by atoms with Crippen LogP contribution in [0, 0.1) is 6.92 Å². The van der Waals surface area contributed by atoms with E-state index in [9.17, 15) is 0 Å². The minimum Gasteiger partial charge on any atom is -0.332 e. The standard InChI is InChI=1S/C11H15N5O/c1-7-6-9(16(2)14-7)11-13-10(15-17-11)8-4-3-5-12-8/h6,8,12H,3-5H2,1-2H3. The van der Waals surface area contributed by atoms with Crippen molar-refractivity contribution in [1.29, 1.82) is 0 Å². The lowest BCUT2D eigenvalue weighted by Gasteiger charge is -2.01. The third-order valence-corrected chi connectivity index (χ3v) is 3.03. The van der Waals surface area contributed by atoms with E-state index in [0.29, 0.717) is 5.89 Å². The third-order valence-electron chi connectivity index (χ3n) is 3.03. The molecule has 2 aromatic heterocycles. The highest BCUT2D eigenvalue weighted by Crippen LogP contribution is 2.24. The van der Waals surface area contributed by atoms with Crippen molar-refractivity contribution >= 4 is 0 Å². The molecule has 0 aromatic carbocycles. The molecule has 1 atom stereocenters. The second kappa shape index (κ2) is 3.96. The highest BCUT2D eigenvalue weighted by atomic mass is 16.5. The molecule has 6 heteroatoms. The van der Waals surface area contributed by atoms with Crippen LogP contribution >= 0.6 is 0 Å². The molecule has 1 aliphatic heterocycles. The van der Waals surface area contributed by atoms with Crippen LogP contribution < -0.4 is 5.32 Å². The topological polar surface area (TPSA) is 68.8 Å². The van der Waals surface area contributed by atoms with Gasteiger partial charge in [0.25, 0.3) is 5.89 Å². The van der Waals surface area contributed by atoms with E-state index >= 15 is 0 Å². The average molecular weight is 233 g/mol. The minimum absolute atomic E-state index is 0.238. The molecule has 0 radical (unpaired) electrons. The van der Waals surface area contributed by atoms with Gasteiger partial charge in [0.2, 0.25) is 0 Å². The van der Waals surface area contributed by atoms with E-state index in [0.717, 1.165) is 30.2 Å². The van der Waals surface area contributed by atoms with E-state index in [1.807, 2.05) is 20.0 Å². The molecule has 90 valence electrons. The van der Waals surface area contributed by atoms with Crippen molar-refractivity contribution in [2.45, 2.75) is 25.8 Å². The summed E-state index contributed by atoms with van der Waals surface area (Å²) in [6.07, 6.45) is 2.24. The van der Waals surface area contributed by atoms with Gasteiger partial charge >= 0.3 is 0 Å². The van der Waals surface area contributed by atoms with E-state index < -0.39 is 0 Å². The van der Waals surface area contributed by atoms with Crippen molar-refractivity contribution in [3.63, 3.8) is 0 Å². The molecule has 3 rings (SSSR count). The Balaban J connectivity index is 1.91. The van der Waals surface area contributed by atoms with Gasteiger partial charge in [-0.1, -0.05) is 5.16 Å². The average Bonchev–Trinajstić information content (AvgIpc) is 2.97. The molecule has 6 nitrogen and oxygen atoms in total. The summed E-state index contributed by atoms with van der Waals surface area (Å²) in [7, 11) is 1.88. The maximum Gasteiger partial charge on any atom is 0.276 e. The van der Waals surface area contributed by atoms with E-state index in [2.05, 4.69) is 20.6 Å². The summed E-state index contributed by atoms with van der Waals surface area (Å²) < 4.78 is 7.05. The monoisotopic (exact) mass is 233 g/mol. The highest BCUT2D eigenvalue weighted by molar-refractivity contribution is 5.47. The lowest BCUT2D eigenvalue weighted by molar-refractivity contribution is 0.409. The van der Waals surface area contributed by atoms with Crippen LogP contribution in [-0.2, 0) is 7.05 Å². The van der Waals surface area contributed by atoms with Crippen molar-refractivity contribution in [3.8, 4) is 11.6 Å². The zero-order chi connectivity index (χ0) is 11.8. The fourth-order valence-electron chi connectivity index (χ4n) is 2.20. The summed E-state index contributed by atoms with van der Waals surface area (Å²) in [4.78, 5) is 4.44. The van der Waals surface area contributed by atoms with Crippen LogP contribution in [0.5, 0.6) is 0 Å². The molecule has 1 saturated heterocycles. The summed E-state index contributed by atoms with van der Waals surface area (Å²) in [5.74, 6) is 1.29. The Morgan fingerprint density at radius 3 is 3.06 bits per heavy atom. The molecule has 1 aliphatic rings. The zero-order valence-corrected chi connectivity index (χ0v) is 9.97. The van der Waals surface area contributed by atoms with E-state index in [4.69, 9.17) is 4.52 Å². The third kappa shape index (κ3) is 1.84. The molecule has 3 heterocycles. The molecule has 1 N–H and O–H groups in total. The fraction of sp³-hybridized carbons (Fsp3) is 0.545. The van der Waals surface area contributed by atoms with E-state index in [1.165, 1.54) is 6.42 Å². The van der Waals surface area contributed by atoms with Crippen molar-refractivity contribution in [2.24, 2.45) is 7.05 Å². The van der Waals surface area contributed by atoms with E-state index in [1.54, 1.807) is 4.68 Å². The molecule has 2 aromatic rings. The number of rotatable bonds is 2. The normalized spacial score (nSPS) is 20.0. The number of nitrogens with one attached hydrogen (secondary N) is 1. The van der Waals surface area contributed by atoms with Crippen LogP contribution in [0.1, 0.15) is 30.4 Å². The predicted octanol–water partition coefficient (Wildman–Crippen LogP) is 1.20. The van der Waals surface area contributed by atoms with Crippen molar-refractivity contribution < 1.29 is 4.52 Å². The highest BCUT2D eigenvalue weighted by Gasteiger charge is 2.22. The van der Waals surface area contributed by atoms with Crippen molar-refractivity contribution in [3.05, 3.63) is 17.6 Å². The molecule has 0 saturated carbocycles. The van der Waals surface area contributed by atoms with Gasteiger partial charge in [0.05, 0.1) is 11.7 Å². The minimum atomic E-state index is 0.238. The van der Waals surface area contributed by atoms with Crippen LogP contribution in [0.2, 0.25) is 0 Å². The molecule has 0 amide bonds. The van der Waals surface area contributed by atoms with Gasteiger partial charge < -0.3 is 9.84 Å². The van der Waals surface area contributed by atoms with Crippen LogP contribution in [0.15, 0.2) is 10.6 Å². The zero-order valence-electron chi connectivity index (χ0n) is 9.97. The van der Waals surface area contributed by atoms with Crippen LogP contribution in [0.3, 0.4) is 0 Å². The smallest absolute Gasteiger partial charge is 0.276 e. The number of hydrogen-bond acceptors (Lipinski definition) is 5. The van der Waals surface area contributed by atoms with Gasteiger partial charge in [0, 0.05) is 7.05 Å². The summed E-state index contributed by atoms with van der Waals surface area (Å²) in [6, 6.07) is 2.18. The van der Waals surface area contributed by atoms with Gasteiger partial charge in [-0.05, 0) is 32.4 Å². The lowest BCUT2D eigenvalue weighted by atomic mass is 10.2. The van der Waals surface area contributed by atoms with Gasteiger partial charge in [-0.15, -0.1) is 0 Å². The number of aromatic nitrogens is 4.